The molecule has 3 nitrogen and oxygen atoms in total. The molecular formula is C12H18ClN3. The number of nitrogens with zero attached hydrogens (tertiary/aromatic N) is 1. The first-order chi connectivity index (χ1) is 7.65. The summed E-state index contributed by atoms with van der Waals surface area (Å²) in [6.07, 6.45) is 2.31. The highest BCUT2D eigenvalue weighted by atomic mass is 35.5. The molecule has 4 heteroatoms. The highest BCUT2D eigenvalue weighted by Crippen LogP contribution is 2.25. The van der Waals surface area contributed by atoms with E-state index in [1.807, 2.05) is 18.2 Å². The maximum atomic E-state index is 5.95. The van der Waals surface area contributed by atoms with Crippen molar-refractivity contribution in [3.05, 3.63) is 23.2 Å². The molecule has 0 aromatic heterocycles. The average Bonchev–Trinajstić information content (AvgIpc) is 2.27. The van der Waals surface area contributed by atoms with Gasteiger partial charge in [0.15, 0.2) is 0 Å². The fraction of sp³-hybridized carbons (Fsp3) is 0.500. The van der Waals surface area contributed by atoms with E-state index in [0.717, 1.165) is 42.3 Å². The van der Waals surface area contributed by atoms with Crippen LogP contribution in [0.2, 0.25) is 5.02 Å². The molecule has 0 spiro atoms. The van der Waals surface area contributed by atoms with Crippen LogP contribution < -0.4 is 11.1 Å². The lowest BCUT2D eigenvalue weighted by molar-refractivity contribution is 0.264. The molecule has 0 atom stereocenters. The molecule has 1 aromatic rings. The van der Waals surface area contributed by atoms with E-state index in [9.17, 15) is 0 Å². The van der Waals surface area contributed by atoms with Crippen molar-refractivity contribution >= 4 is 23.0 Å². The van der Waals surface area contributed by atoms with Crippen LogP contribution in [-0.4, -0.2) is 31.1 Å². The number of piperidine rings is 1. The third-order valence-electron chi connectivity index (χ3n) is 3.09. The van der Waals surface area contributed by atoms with Gasteiger partial charge in [0.2, 0.25) is 0 Å². The number of nitrogens with one attached hydrogen (secondary N) is 1. The molecule has 0 aliphatic carbocycles. The molecule has 1 aliphatic rings. The van der Waals surface area contributed by atoms with Crippen molar-refractivity contribution in [1.29, 1.82) is 0 Å². The van der Waals surface area contributed by atoms with Crippen molar-refractivity contribution in [2.75, 3.05) is 31.2 Å². The number of nitrogens with two attached hydrogens (primary N) is 1. The van der Waals surface area contributed by atoms with Crippen LogP contribution in [0, 0.1) is 0 Å². The molecule has 1 heterocycles. The molecule has 2 rings (SSSR count). The summed E-state index contributed by atoms with van der Waals surface area (Å²) in [5.74, 6) is 0. The van der Waals surface area contributed by atoms with Crippen molar-refractivity contribution in [2.45, 2.75) is 18.9 Å². The van der Waals surface area contributed by atoms with Gasteiger partial charge in [0, 0.05) is 11.1 Å². The van der Waals surface area contributed by atoms with Crippen LogP contribution in [0.5, 0.6) is 0 Å². The minimum atomic E-state index is 0.511. The van der Waals surface area contributed by atoms with Crippen molar-refractivity contribution in [3.8, 4) is 0 Å². The lowest BCUT2D eigenvalue weighted by Gasteiger charge is -2.30. The maximum absolute atomic E-state index is 5.95. The van der Waals surface area contributed by atoms with Crippen molar-refractivity contribution in [2.24, 2.45) is 0 Å². The Balaban J connectivity index is 2.00. The Hall–Kier alpha value is -0.930. The fourth-order valence-corrected chi connectivity index (χ4v) is 2.20. The number of halogens is 1. The minimum Gasteiger partial charge on any atom is -0.397 e. The zero-order valence-corrected chi connectivity index (χ0v) is 10.3. The van der Waals surface area contributed by atoms with Gasteiger partial charge >= 0.3 is 0 Å². The second-order valence-corrected chi connectivity index (χ2v) is 4.89. The molecule has 1 fully saturated rings. The molecular weight excluding hydrogens is 222 g/mol. The minimum absolute atomic E-state index is 0.511. The second-order valence-electron chi connectivity index (χ2n) is 4.45. The number of rotatable bonds is 2. The van der Waals surface area contributed by atoms with Gasteiger partial charge < -0.3 is 16.0 Å². The lowest BCUT2D eigenvalue weighted by Crippen LogP contribution is -2.36. The third-order valence-corrected chi connectivity index (χ3v) is 3.33. The van der Waals surface area contributed by atoms with Crippen LogP contribution in [0.15, 0.2) is 18.2 Å². The van der Waals surface area contributed by atoms with Gasteiger partial charge in [-0.15, -0.1) is 0 Å². The first-order valence-corrected chi connectivity index (χ1v) is 6.03. The van der Waals surface area contributed by atoms with Crippen LogP contribution in [0.3, 0.4) is 0 Å². The lowest BCUT2D eigenvalue weighted by atomic mass is 10.1. The number of likely N-dealkylation sites (tertiary alicyclic amines) is 1. The number of hydrogen-bond acceptors (Lipinski definition) is 3. The summed E-state index contributed by atoms with van der Waals surface area (Å²) in [5.41, 5.74) is 7.63. The molecule has 1 aromatic carbocycles. The van der Waals surface area contributed by atoms with E-state index >= 15 is 0 Å². The van der Waals surface area contributed by atoms with Gasteiger partial charge in [-0.05, 0) is 51.2 Å². The Morgan fingerprint density at radius 1 is 1.38 bits per heavy atom. The Morgan fingerprint density at radius 3 is 2.75 bits per heavy atom. The third kappa shape index (κ3) is 2.80. The second kappa shape index (κ2) is 4.93. The Labute approximate surface area is 102 Å². The summed E-state index contributed by atoms with van der Waals surface area (Å²) >= 11 is 5.95. The van der Waals surface area contributed by atoms with E-state index in [-0.39, 0.29) is 0 Å². The highest BCUT2D eigenvalue weighted by molar-refractivity contribution is 6.31. The van der Waals surface area contributed by atoms with Crippen molar-refractivity contribution < 1.29 is 0 Å². The van der Waals surface area contributed by atoms with E-state index in [2.05, 4.69) is 17.3 Å². The van der Waals surface area contributed by atoms with E-state index in [4.69, 9.17) is 17.3 Å². The van der Waals surface area contributed by atoms with E-state index < -0.39 is 0 Å². The van der Waals surface area contributed by atoms with Crippen molar-refractivity contribution in [3.63, 3.8) is 0 Å². The van der Waals surface area contributed by atoms with E-state index in [1.54, 1.807) is 0 Å². The summed E-state index contributed by atoms with van der Waals surface area (Å²) in [6.45, 7) is 2.27. The summed E-state index contributed by atoms with van der Waals surface area (Å²) in [7, 11) is 2.16. The molecule has 0 saturated carbocycles. The molecule has 0 amide bonds. The number of nitrogen functional groups attached to an aromatic ring is 1. The van der Waals surface area contributed by atoms with E-state index in [0.29, 0.717) is 6.04 Å². The standard InChI is InChI=1S/C12H18ClN3/c1-16-6-4-10(5-7-16)15-12-8-9(13)2-3-11(12)14/h2-3,8,10,15H,4-7,14H2,1H3. The van der Waals surface area contributed by atoms with Gasteiger partial charge in [-0.25, -0.2) is 0 Å². The van der Waals surface area contributed by atoms with Crippen LogP contribution >= 0.6 is 11.6 Å². The van der Waals surface area contributed by atoms with Crippen molar-refractivity contribution in [1.82, 2.24) is 4.90 Å². The van der Waals surface area contributed by atoms with Crippen LogP contribution in [0.25, 0.3) is 0 Å². The largest absolute Gasteiger partial charge is 0.397 e. The van der Waals surface area contributed by atoms with Gasteiger partial charge in [0.25, 0.3) is 0 Å². The van der Waals surface area contributed by atoms with Crippen LogP contribution in [0.4, 0.5) is 11.4 Å². The summed E-state index contributed by atoms with van der Waals surface area (Å²) in [6, 6.07) is 6.07. The number of hydrogen-bond donors (Lipinski definition) is 2. The first kappa shape index (κ1) is 11.6. The van der Waals surface area contributed by atoms with Gasteiger partial charge in [-0.3, -0.25) is 0 Å². The summed E-state index contributed by atoms with van der Waals surface area (Å²) in [4.78, 5) is 2.35. The molecule has 88 valence electrons. The van der Waals surface area contributed by atoms with Crippen LogP contribution in [-0.2, 0) is 0 Å². The van der Waals surface area contributed by atoms with Gasteiger partial charge in [0.1, 0.15) is 0 Å². The molecule has 3 N–H and O–H groups in total. The quantitative estimate of drug-likeness (QED) is 0.779. The smallest absolute Gasteiger partial charge is 0.0591 e. The molecule has 1 saturated heterocycles. The SMILES string of the molecule is CN1CCC(Nc2cc(Cl)ccc2N)CC1. The van der Waals surface area contributed by atoms with Gasteiger partial charge in [-0.2, -0.15) is 0 Å². The normalized spacial score (nSPS) is 18.6. The number of benzene rings is 1. The number of anilines is 2. The molecule has 0 bridgehead atoms. The topological polar surface area (TPSA) is 41.3 Å². The summed E-state index contributed by atoms with van der Waals surface area (Å²) < 4.78 is 0. The molecule has 0 radical (unpaired) electrons. The van der Waals surface area contributed by atoms with E-state index in [1.165, 1.54) is 0 Å². The molecule has 16 heavy (non-hydrogen) atoms. The predicted octanol–water partition coefficient (Wildman–Crippen LogP) is 2.43. The predicted molar refractivity (Wildman–Crippen MR) is 70.0 cm³/mol. The Kier molecular flexibility index (Phi) is 3.56. The monoisotopic (exact) mass is 239 g/mol. The van der Waals surface area contributed by atoms with Gasteiger partial charge in [-0.1, -0.05) is 11.6 Å². The Bertz CT molecular complexity index is 359. The average molecular weight is 240 g/mol. The van der Waals surface area contributed by atoms with Gasteiger partial charge in [0.05, 0.1) is 11.4 Å². The maximum Gasteiger partial charge on any atom is 0.0591 e. The molecule has 0 unspecified atom stereocenters. The highest BCUT2D eigenvalue weighted by Gasteiger charge is 2.16. The van der Waals surface area contributed by atoms with Crippen LogP contribution in [0.1, 0.15) is 12.8 Å². The zero-order valence-electron chi connectivity index (χ0n) is 9.54. The summed E-state index contributed by atoms with van der Waals surface area (Å²) in [5, 5.41) is 4.20. The Morgan fingerprint density at radius 2 is 2.06 bits per heavy atom. The molecule has 1 aliphatic heterocycles. The zero-order chi connectivity index (χ0) is 11.5. The first-order valence-electron chi connectivity index (χ1n) is 5.65. The fourth-order valence-electron chi connectivity index (χ4n) is 2.03.